The molecule has 0 aliphatic heterocycles. The monoisotopic (exact) mass is 271 g/mol. The summed E-state index contributed by atoms with van der Waals surface area (Å²) < 4.78 is 6.20. The lowest BCUT2D eigenvalue weighted by Crippen LogP contribution is -2.19. The van der Waals surface area contributed by atoms with Gasteiger partial charge in [-0.3, -0.25) is 0 Å². The van der Waals surface area contributed by atoms with Crippen LogP contribution in [0.2, 0.25) is 0 Å². The Morgan fingerprint density at radius 1 is 1.40 bits per heavy atom. The predicted octanol–water partition coefficient (Wildman–Crippen LogP) is 3.23. The number of anilines is 1. The maximum Gasteiger partial charge on any atom is 0.0479 e. The van der Waals surface area contributed by atoms with E-state index in [0.29, 0.717) is 0 Å². The van der Waals surface area contributed by atoms with Crippen molar-refractivity contribution < 1.29 is 4.74 Å². The molecule has 0 radical (unpaired) electrons. The maximum atomic E-state index is 5.04. The molecule has 2 nitrogen and oxygen atoms in total. The van der Waals surface area contributed by atoms with Gasteiger partial charge < -0.3 is 9.64 Å². The summed E-state index contributed by atoms with van der Waals surface area (Å²) in [4.78, 5) is 2.25. The minimum absolute atomic E-state index is 0.819. The molecule has 0 spiro atoms. The van der Waals surface area contributed by atoms with E-state index in [1.165, 1.54) is 11.3 Å². The Kier molecular flexibility index (Phi) is 5.12. The molecule has 0 saturated carbocycles. The SMILES string of the molecule is COCCCN(C)c1ccc(Br)c(C)c1. The predicted molar refractivity (Wildman–Crippen MR) is 68.6 cm³/mol. The molecule has 0 saturated heterocycles. The second-order valence-corrected chi connectivity index (χ2v) is 4.56. The Balaban J connectivity index is 2.57. The van der Waals surface area contributed by atoms with E-state index in [1.54, 1.807) is 7.11 Å². The summed E-state index contributed by atoms with van der Waals surface area (Å²) in [7, 11) is 3.85. The normalized spacial score (nSPS) is 10.4. The summed E-state index contributed by atoms with van der Waals surface area (Å²) in [6.45, 7) is 3.95. The molecule has 84 valence electrons. The Morgan fingerprint density at radius 3 is 2.73 bits per heavy atom. The lowest BCUT2D eigenvalue weighted by molar-refractivity contribution is 0.196. The van der Waals surface area contributed by atoms with Gasteiger partial charge in [0.1, 0.15) is 0 Å². The first-order valence-corrected chi connectivity index (χ1v) is 5.90. The Labute approximate surface area is 100 Å². The van der Waals surface area contributed by atoms with Crippen molar-refractivity contribution in [3.05, 3.63) is 28.2 Å². The molecule has 1 aromatic rings. The second kappa shape index (κ2) is 6.13. The van der Waals surface area contributed by atoms with Gasteiger partial charge in [-0.2, -0.15) is 0 Å². The van der Waals surface area contributed by atoms with Gasteiger partial charge in [0.25, 0.3) is 0 Å². The van der Waals surface area contributed by atoms with E-state index in [-0.39, 0.29) is 0 Å². The average molecular weight is 272 g/mol. The van der Waals surface area contributed by atoms with Crippen molar-refractivity contribution in [1.82, 2.24) is 0 Å². The minimum Gasteiger partial charge on any atom is -0.385 e. The lowest BCUT2D eigenvalue weighted by atomic mass is 10.2. The van der Waals surface area contributed by atoms with Gasteiger partial charge in [0, 0.05) is 37.5 Å². The number of methoxy groups -OCH3 is 1. The van der Waals surface area contributed by atoms with E-state index < -0.39 is 0 Å². The van der Waals surface area contributed by atoms with E-state index in [0.717, 1.165) is 24.0 Å². The fourth-order valence-corrected chi connectivity index (χ4v) is 1.69. The summed E-state index contributed by atoms with van der Waals surface area (Å²) in [5.41, 5.74) is 2.53. The van der Waals surface area contributed by atoms with E-state index in [1.807, 2.05) is 0 Å². The van der Waals surface area contributed by atoms with Gasteiger partial charge in [-0.25, -0.2) is 0 Å². The number of benzene rings is 1. The van der Waals surface area contributed by atoms with Crippen LogP contribution in [-0.2, 0) is 4.74 Å². The first kappa shape index (κ1) is 12.5. The van der Waals surface area contributed by atoms with Crippen LogP contribution in [0.4, 0.5) is 5.69 Å². The molecule has 15 heavy (non-hydrogen) atoms. The topological polar surface area (TPSA) is 12.5 Å². The molecule has 0 aliphatic rings. The summed E-state index contributed by atoms with van der Waals surface area (Å²) in [5, 5.41) is 0. The highest BCUT2D eigenvalue weighted by atomic mass is 79.9. The van der Waals surface area contributed by atoms with Crippen molar-refractivity contribution >= 4 is 21.6 Å². The molecular formula is C12H18BrNO. The van der Waals surface area contributed by atoms with Crippen LogP contribution in [0.1, 0.15) is 12.0 Å². The molecule has 0 bridgehead atoms. The zero-order valence-electron chi connectivity index (χ0n) is 9.59. The van der Waals surface area contributed by atoms with Crippen LogP contribution >= 0.6 is 15.9 Å². The van der Waals surface area contributed by atoms with Gasteiger partial charge in [0.2, 0.25) is 0 Å². The molecule has 1 rings (SSSR count). The number of hydrogen-bond donors (Lipinski definition) is 0. The molecule has 1 aromatic carbocycles. The summed E-state index contributed by atoms with van der Waals surface area (Å²) in [6.07, 6.45) is 1.06. The molecular weight excluding hydrogens is 254 g/mol. The first-order valence-electron chi connectivity index (χ1n) is 5.11. The Bertz CT molecular complexity index is 314. The highest BCUT2D eigenvalue weighted by Gasteiger charge is 2.02. The van der Waals surface area contributed by atoms with Crippen molar-refractivity contribution in [3.8, 4) is 0 Å². The largest absolute Gasteiger partial charge is 0.385 e. The second-order valence-electron chi connectivity index (χ2n) is 3.70. The number of rotatable bonds is 5. The number of halogens is 1. The van der Waals surface area contributed by atoms with Crippen LogP contribution in [0.3, 0.4) is 0 Å². The smallest absolute Gasteiger partial charge is 0.0479 e. The Hall–Kier alpha value is -0.540. The van der Waals surface area contributed by atoms with Crippen LogP contribution in [0.15, 0.2) is 22.7 Å². The minimum atomic E-state index is 0.819. The molecule has 0 aromatic heterocycles. The highest BCUT2D eigenvalue weighted by Crippen LogP contribution is 2.22. The fraction of sp³-hybridized carbons (Fsp3) is 0.500. The van der Waals surface area contributed by atoms with Crippen molar-refractivity contribution in [2.75, 3.05) is 32.2 Å². The molecule has 0 N–H and O–H groups in total. The van der Waals surface area contributed by atoms with E-state index >= 15 is 0 Å². The molecule has 0 amide bonds. The lowest BCUT2D eigenvalue weighted by Gasteiger charge is -2.19. The quantitative estimate of drug-likeness (QED) is 0.763. The molecule has 0 aliphatic carbocycles. The first-order chi connectivity index (χ1) is 7.15. The number of nitrogens with zero attached hydrogens (tertiary/aromatic N) is 1. The van der Waals surface area contributed by atoms with Crippen LogP contribution in [0, 0.1) is 6.92 Å². The van der Waals surface area contributed by atoms with Crippen LogP contribution in [0.5, 0.6) is 0 Å². The van der Waals surface area contributed by atoms with Gasteiger partial charge in [-0.05, 0) is 37.1 Å². The van der Waals surface area contributed by atoms with Gasteiger partial charge in [-0.1, -0.05) is 15.9 Å². The van der Waals surface area contributed by atoms with Crippen LogP contribution < -0.4 is 4.90 Å². The van der Waals surface area contributed by atoms with E-state index in [9.17, 15) is 0 Å². The van der Waals surface area contributed by atoms with Crippen molar-refractivity contribution in [3.63, 3.8) is 0 Å². The fourth-order valence-electron chi connectivity index (χ4n) is 1.44. The third-order valence-electron chi connectivity index (χ3n) is 2.42. The third kappa shape index (κ3) is 3.84. The average Bonchev–Trinajstić information content (AvgIpc) is 2.22. The van der Waals surface area contributed by atoms with Gasteiger partial charge in [-0.15, -0.1) is 0 Å². The zero-order chi connectivity index (χ0) is 11.3. The molecule has 0 atom stereocenters. The standard InChI is InChI=1S/C12H18BrNO/c1-10-9-11(5-6-12(10)13)14(2)7-4-8-15-3/h5-6,9H,4,7-8H2,1-3H3. The summed E-state index contributed by atoms with van der Waals surface area (Å²) >= 11 is 3.50. The molecule has 3 heteroatoms. The summed E-state index contributed by atoms with van der Waals surface area (Å²) in [5.74, 6) is 0. The third-order valence-corrected chi connectivity index (χ3v) is 3.31. The van der Waals surface area contributed by atoms with E-state index in [2.05, 4.69) is 53.0 Å². The van der Waals surface area contributed by atoms with Gasteiger partial charge in [0.15, 0.2) is 0 Å². The van der Waals surface area contributed by atoms with Crippen LogP contribution in [-0.4, -0.2) is 27.3 Å². The zero-order valence-corrected chi connectivity index (χ0v) is 11.2. The highest BCUT2D eigenvalue weighted by molar-refractivity contribution is 9.10. The number of ether oxygens (including phenoxy) is 1. The molecule has 0 unspecified atom stereocenters. The van der Waals surface area contributed by atoms with Crippen molar-refractivity contribution in [1.29, 1.82) is 0 Å². The van der Waals surface area contributed by atoms with Gasteiger partial charge >= 0.3 is 0 Å². The molecule has 0 fully saturated rings. The van der Waals surface area contributed by atoms with Gasteiger partial charge in [0.05, 0.1) is 0 Å². The number of aryl methyl sites for hydroxylation is 1. The Morgan fingerprint density at radius 2 is 2.13 bits per heavy atom. The maximum absolute atomic E-state index is 5.04. The number of hydrogen-bond acceptors (Lipinski definition) is 2. The van der Waals surface area contributed by atoms with Crippen molar-refractivity contribution in [2.24, 2.45) is 0 Å². The van der Waals surface area contributed by atoms with Crippen LogP contribution in [0.25, 0.3) is 0 Å². The molecule has 0 heterocycles. The summed E-state index contributed by atoms with van der Waals surface area (Å²) in [6, 6.07) is 6.41. The van der Waals surface area contributed by atoms with E-state index in [4.69, 9.17) is 4.74 Å². The van der Waals surface area contributed by atoms with Crippen molar-refractivity contribution in [2.45, 2.75) is 13.3 Å².